The van der Waals surface area contributed by atoms with Gasteiger partial charge in [0.15, 0.2) is 0 Å². The van der Waals surface area contributed by atoms with E-state index in [0.29, 0.717) is 0 Å². The molecular formula is C9H6BrF2NO2. The summed E-state index contributed by atoms with van der Waals surface area (Å²) in [5.74, 6) is -1.42. The Hall–Kier alpha value is -1.17. The van der Waals surface area contributed by atoms with Gasteiger partial charge in [-0.3, -0.25) is 0 Å². The monoisotopic (exact) mass is 277 g/mol. The highest BCUT2D eigenvalue weighted by molar-refractivity contribution is 9.10. The minimum Gasteiger partial charge on any atom is -0.447 e. The van der Waals surface area contributed by atoms with Gasteiger partial charge in [-0.15, -0.1) is 0 Å². The molecule has 1 fully saturated rings. The molecule has 0 bridgehead atoms. The summed E-state index contributed by atoms with van der Waals surface area (Å²) in [7, 11) is 0. The maximum atomic E-state index is 13.5. The van der Waals surface area contributed by atoms with Gasteiger partial charge in [-0.2, -0.15) is 0 Å². The summed E-state index contributed by atoms with van der Waals surface area (Å²) >= 11 is 2.95. The van der Waals surface area contributed by atoms with E-state index < -0.39 is 23.8 Å². The molecule has 1 atom stereocenters. The Morgan fingerprint density at radius 1 is 1.47 bits per heavy atom. The fourth-order valence-electron chi connectivity index (χ4n) is 1.40. The molecule has 80 valence electrons. The highest BCUT2D eigenvalue weighted by Crippen LogP contribution is 2.28. The number of nitrogens with one attached hydrogen (secondary N) is 1. The summed E-state index contributed by atoms with van der Waals surface area (Å²) in [5.41, 5.74) is -0.185. The lowest BCUT2D eigenvalue weighted by Gasteiger charge is -2.10. The first kappa shape index (κ1) is 10.4. The Bertz CT molecular complexity index is 425. The third kappa shape index (κ3) is 1.81. The molecule has 0 aromatic heterocycles. The lowest BCUT2D eigenvalue weighted by atomic mass is 10.1. The fourth-order valence-corrected chi connectivity index (χ4v) is 1.75. The first-order valence-corrected chi connectivity index (χ1v) is 4.95. The Balaban J connectivity index is 2.43. The molecule has 1 aromatic carbocycles. The molecule has 0 spiro atoms. The number of carbonyl (C=O) groups excluding carboxylic acids is 1. The van der Waals surface area contributed by atoms with E-state index in [2.05, 4.69) is 26.0 Å². The molecule has 1 heterocycles. The molecule has 0 radical (unpaired) electrons. The van der Waals surface area contributed by atoms with Crippen LogP contribution >= 0.6 is 15.9 Å². The van der Waals surface area contributed by atoms with Gasteiger partial charge >= 0.3 is 6.09 Å². The van der Waals surface area contributed by atoms with Gasteiger partial charge in [-0.05, 0) is 28.1 Å². The number of carbonyl (C=O) groups is 1. The molecule has 1 saturated heterocycles. The smallest absolute Gasteiger partial charge is 0.407 e. The largest absolute Gasteiger partial charge is 0.447 e. The maximum Gasteiger partial charge on any atom is 0.407 e. The van der Waals surface area contributed by atoms with Crippen molar-refractivity contribution in [3.8, 4) is 0 Å². The highest BCUT2D eigenvalue weighted by Gasteiger charge is 2.29. The van der Waals surface area contributed by atoms with Crippen LogP contribution < -0.4 is 5.32 Å². The van der Waals surface area contributed by atoms with Gasteiger partial charge < -0.3 is 10.1 Å². The van der Waals surface area contributed by atoms with Crippen LogP contribution in [0.4, 0.5) is 13.6 Å². The lowest BCUT2D eigenvalue weighted by molar-refractivity contribution is 0.176. The summed E-state index contributed by atoms with van der Waals surface area (Å²) in [6.45, 7) is -0.0663. The molecule has 15 heavy (non-hydrogen) atoms. The molecule has 1 aromatic rings. The molecule has 1 N–H and O–H groups in total. The van der Waals surface area contributed by atoms with E-state index in [1.54, 1.807) is 0 Å². The summed E-state index contributed by atoms with van der Waals surface area (Å²) in [6.07, 6.45) is -0.668. The standard InChI is InChI=1S/C9H6BrF2NO2/c10-4-1-2-5(11)7(8(4)12)6-3-15-9(14)13-6/h1-2,6H,3H2,(H,13,14)/t6-/m1/s1. The summed E-state index contributed by atoms with van der Waals surface area (Å²) < 4.78 is 31.6. The second-order valence-corrected chi connectivity index (χ2v) is 3.91. The number of alkyl carbamates (subject to hydrolysis) is 1. The van der Waals surface area contributed by atoms with E-state index in [9.17, 15) is 13.6 Å². The van der Waals surface area contributed by atoms with Crippen LogP contribution in [-0.4, -0.2) is 12.7 Å². The maximum absolute atomic E-state index is 13.5. The van der Waals surface area contributed by atoms with Crippen LogP contribution in [-0.2, 0) is 4.74 Å². The van der Waals surface area contributed by atoms with E-state index in [-0.39, 0.29) is 16.6 Å². The lowest BCUT2D eigenvalue weighted by Crippen LogP contribution is -2.20. The van der Waals surface area contributed by atoms with E-state index in [1.807, 2.05) is 0 Å². The average Bonchev–Trinajstić information content (AvgIpc) is 2.59. The zero-order chi connectivity index (χ0) is 11.0. The van der Waals surface area contributed by atoms with Gasteiger partial charge in [0, 0.05) is 0 Å². The molecule has 0 unspecified atom stereocenters. The van der Waals surface area contributed by atoms with Gasteiger partial charge in [-0.1, -0.05) is 0 Å². The quantitative estimate of drug-likeness (QED) is 0.801. The Kier molecular flexibility index (Phi) is 2.60. The number of rotatable bonds is 1. The first-order chi connectivity index (χ1) is 7.09. The van der Waals surface area contributed by atoms with Crippen molar-refractivity contribution in [2.24, 2.45) is 0 Å². The van der Waals surface area contributed by atoms with Crippen molar-refractivity contribution < 1.29 is 18.3 Å². The third-order valence-electron chi connectivity index (χ3n) is 2.10. The van der Waals surface area contributed by atoms with Crippen LogP contribution in [0.15, 0.2) is 16.6 Å². The van der Waals surface area contributed by atoms with Crippen LogP contribution in [0.5, 0.6) is 0 Å². The van der Waals surface area contributed by atoms with E-state index >= 15 is 0 Å². The van der Waals surface area contributed by atoms with Gasteiger partial charge in [0.2, 0.25) is 0 Å². The number of cyclic esters (lactones) is 1. The van der Waals surface area contributed by atoms with Crippen molar-refractivity contribution in [3.63, 3.8) is 0 Å². The van der Waals surface area contributed by atoms with Crippen molar-refractivity contribution in [1.29, 1.82) is 0 Å². The van der Waals surface area contributed by atoms with Crippen molar-refractivity contribution in [2.45, 2.75) is 6.04 Å². The number of amides is 1. The van der Waals surface area contributed by atoms with E-state index in [0.717, 1.165) is 6.07 Å². The molecule has 0 saturated carbocycles. The zero-order valence-corrected chi connectivity index (χ0v) is 8.98. The van der Waals surface area contributed by atoms with Crippen molar-refractivity contribution in [3.05, 3.63) is 33.8 Å². The summed E-state index contributed by atoms with van der Waals surface area (Å²) in [6, 6.07) is 1.63. The average molecular weight is 278 g/mol. The number of hydrogen-bond donors (Lipinski definition) is 1. The third-order valence-corrected chi connectivity index (χ3v) is 2.71. The molecular weight excluding hydrogens is 272 g/mol. The Morgan fingerprint density at radius 3 is 2.80 bits per heavy atom. The van der Waals surface area contributed by atoms with Crippen LogP contribution in [0.3, 0.4) is 0 Å². The van der Waals surface area contributed by atoms with Gasteiger partial charge in [0.1, 0.15) is 18.2 Å². The molecule has 2 rings (SSSR count). The molecule has 1 aliphatic heterocycles. The van der Waals surface area contributed by atoms with E-state index in [1.165, 1.54) is 6.07 Å². The molecule has 1 aliphatic rings. The van der Waals surface area contributed by atoms with Crippen LogP contribution in [0.2, 0.25) is 0 Å². The minimum atomic E-state index is -0.769. The molecule has 0 aliphatic carbocycles. The summed E-state index contributed by atoms with van der Waals surface area (Å²) in [4.78, 5) is 10.7. The topological polar surface area (TPSA) is 38.3 Å². The SMILES string of the molecule is O=C1N[C@@H](c2c(F)ccc(Br)c2F)CO1. The second kappa shape index (κ2) is 3.77. The Morgan fingerprint density at radius 2 is 2.20 bits per heavy atom. The van der Waals surface area contributed by atoms with Crippen molar-refractivity contribution >= 4 is 22.0 Å². The van der Waals surface area contributed by atoms with Gasteiger partial charge in [0.05, 0.1) is 16.1 Å². The minimum absolute atomic E-state index is 0.0663. The van der Waals surface area contributed by atoms with E-state index in [4.69, 9.17) is 0 Å². The number of hydrogen-bond acceptors (Lipinski definition) is 2. The first-order valence-electron chi connectivity index (χ1n) is 4.16. The van der Waals surface area contributed by atoms with Gasteiger partial charge in [0.25, 0.3) is 0 Å². The number of benzene rings is 1. The fraction of sp³-hybridized carbons (Fsp3) is 0.222. The molecule has 6 heteroatoms. The molecule has 3 nitrogen and oxygen atoms in total. The number of halogens is 3. The van der Waals surface area contributed by atoms with Gasteiger partial charge in [-0.25, -0.2) is 13.6 Å². The number of ether oxygens (including phenoxy) is 1. The van der Waals surface area contributed by atoms with Crippen LogP contribution in [0.1, 0.15) is 11.6 Å². The predicted octanol–water partition coefficient (Wildman–Crippen LogP) is 2.51. The van der Waals surface area contributed by atoms with Crippen LogP contribution in [0.25, 0.3) is 0 Å². The zero-order valence-electron chi connectivity index (χ0n) is 7.39. The summed E-state index contributed by atoms with van der Waals surface area (Å²) in [5, 5.41) is 2.32. The molecule has 1 amide bonds. The second-order valence-electron chi connectivity index (χ2n) is 3.05. The van der Waals surface area contributed by atoms with Crippen LogP contribution in [0, 0.1) is 11.6 Å². The normalized spacial score (nSPS) is 19.9. The van der Waals surface area contributed by atoms with Crippen molar-refractivity contribution in [1.82, 2.24) is 5.32 Å². The predicted molar refractivity (Wildman–Crippen MR) is 51.3 cm³/mol. The highest BCUT2D eigenvalue weighted by atomic mass is 79.9. The Labute approximate surface area is 92.5 Å². The van der Waals surface area contributed by atoms with Crippen molar-refractivity contribution in [2.75, 3.05) is 6.61 Å².